The zero-order valence-corrected chi connectivity index (χ0v) is 24.9. The van der Waals surface area contributed by atoms with Crippen LogP contribution in [0.25, 0.3) is 59.7 Å². The number of thiophene rings is 1. The monoisotopic (exact) mass is 723 g/mol. The standard InChI is InChI=1S/C24H14N3S.C11H8N.Ir/c1-2-8-16(9-3-1)27-20-13-7-15-25-23(20)26-24(27)19-12-6-11-18-17-10-4-5-14-21(17)28-22(18)19;1-2-6-10(7-3-1)11-8-4-5-9-12-11;/h1-11,13-15H;1-6,8-9H;/q2*-1;. The van der Waals surface area contributed by atoms with Crippen LogP contribution in [0.3, 0.4) is 0 Å². The summed E-state index contributed by atoms with van der Waals surface area (Å²) in [5.74, 6) is 0.872. The van der Waals surface area contributed by atoms with Crippen molar-refractivity contribution in [3.63, 3.8) is 0 Å². The van der Waals surface area contributed by atoms with Gasteiger partial charge in [0.1, 0.15) is 0 Å². The van der Waals surface area contributed by atoms with Gasteiger partial charge in [0.25, 0.3) is 0 Å². The molecule has 4 aromatic heterocycles. The SMILES string of the molecule is [Ir].[c-]1ccc2c(sc3ccccc32)c1-c1nc2ncccc2n1-c1ccccc1.[c-]1ccccc1-c1ccccn1. The van der Waals surface area contributed by atoms with Crippen molar-refractivity contribution in [2.24, 2.45) is 0 Å². The Balaban J connectivity index is 0.000000196. The Hall–Kier alpha value is -4.48. The smallest absolute Gasteiger partial charge is 0.168 e. The van der Waals surface area contributed by atoms with E-state index < -0.39 is 0 Å². The molecule has 0 aliphatic carbocycles. The number of nitrogens with zero attached hydrogens (tertiary/aromatic N) is 4. The van der Waals surface area contributed by atoms with Crippen LogP contribution in [0.5, 0.6) is 0 Å². The van der Waals surface area contributed by atoms with Gasteiger partial charge in [-0.3, -0.25) is 4.98 Å². The van der Waals surface area contributed by atoms with E-state index in [-0.39, 0.29) is 20.1 Å². The number of pyridine rings is 2. The van der Waals surface area contributed by atoms with Crippen molar-refractivity contribution in [1.82, 2.24) is 19.5 Å². The maximum absolute atomic E-state index is 4.91. The normalized spacial score (nSPS) is 10.7. The van der Waals surface area contributed by atoms with Crippen LogP contribution >= 0.6 is 11.3 Å². The number of benzene rings is 4. The molecule has 8 rings (SSSR count). The number of para-hydroxylation sites is 1. The van der Waals surface area contributed by atoms with Crippen molar-refractivity contribution >= 4 is 42.7 Å². The first-order valence-electron chi connectivity index (χ1n) is 13.0. The second kappa shape index (κ2) is 11.9. The minimum atomic E-state index is 0. The Morgan fingerprint density at radius 3 is 2.27 bits per heavy atom. The minimum absolute atomic E-state index is 0. The quantitative estimate of drug-likeness (QED) is 0.171. The molecule has 6 heteroatoms. The van der Waals surface area contributed by atoms with Gasteiger partial charge in [0, 0.05) is 42.9 Å². The summed E-state index contributed by atoms with van der Waals surface area (Å²) in [5.41, 5.74) is 5.83. The van der Waals surface area contributed by atoms with Gasteiger partial charge in [-0.1, -0.05) is 59.5 Å². The van der Waals surface area contributed by atoms with E-state index in [2.05, 4.69) is 75.2 Å². The number of fused-ring (bicyclic) bond motifs is 4. The average Bonchev–Trinajstić information content (AvgIpc) is 3.62. The second-order valence-corrected chi connectivity index (χ2v) is 10.2. The Labute approximate surface area is 255 Å². The summed E-state index contributed by atoms with van der Waals surface area (Å²) in [6.45, 7) is 0. The molecule has 41 heavy (non-hydrogen) atoms. The summed E-state index contributed by atoms with van der Waals surface area (Å²) < 4.78 is 4.66. The number of hydrogen-bond donors (Lipinski definition) is 0. The molecule has 0 amide bonds. The molecule has 0 bridgehead atoms. The van der Waals surface area contributed by atoms with Crippen molar-refractivity contribution in [3.8, 4) is 28.3 Å². The third kappa shape index (κ3) is 5.21. The third-order valence-electron chi connectivity index (χ3n) is 6.66. The molecular weight excluding hydrogens is 701 g/mol. The molecule has 0 N–H and O–H groups in total. The molecule has 0 unspecified atom stereocenters. The van der Waals surface area contributed by atoms with Crippen LogP contribution in [0.4, 0.5) is 0 Å². The van der Waals surface area contributed by atoms with Crippen LogP contribution in [0.15, 0.2) is 134 Å². The summed E-state index contributed by atoms with van der Waals surface area (Å²) >= 11 is 1.79. The predicted molar refractivity (Wildman–Crippen MR) is 165 cm³/mol. The van der Waals surface area contributed by atoms with Crippen molar-refractivity contribution in [2.45, 2.75) is 0 Å². The number of aromatic nitrogens is 4. The Morgan fingerprint density at radius 2 is 1.44 bits per heavy atom. The van der Waals surface area contributed by atoms with Gasteiger partial charge in [-0.05, 0) is 52.2 Å². The van der Waals surface area contributed by atoms with Gasteiger partial charge in [-0.15, -0.1) is 54.1 Å². The summed E-state index contributed by atoms with van der Waals surface area (Å²) in [6.07, 6.45) is 3.58. The minimum Gasteiger partial charge on any atom is -0.332 e. The average molecular weight is 723 g/mol. The first kappa shape index (κ1) is 26.7. The fourth-order valence-corrected chi connectivity index (χ4v) is 6.05. The Morgan fingerprint density at radius 1 is 0.634 bits per heavy atom. The largest absolute Gasteiger partial charge is 0.332 e. The molecule has 1 radical (unpaired) electrons. The van der Waals surface area contributed by atoms with Crippen LogP contribution in [-0.4, -0.2) is 19.5 Å². The van der Waals surface area contributed by atoms with E-state index in [0.29, 0.717) is 0 Å². The molecule has 4 nitrogen and oxygen atoms in total. The molecule has 0 fully saturated rings. The van der Waals surface area contributed by atoms with Crippen LogP contribution in [0.2, 0.25) is 0 Å². The van der Waals surface area contributed by atoms with Gasteiger partial charge in [0.15, 0.2) is 5.65 Å². The number of hydrogen-bond acceptors (Lipinski definition) is 4. The fraction of sp³-hybridized carbons (Fsp3) is 0. The third-order valence-corrected chi connectivity index (χ3v) is 7.86. The molecular formula is C35H22IrN4S-2. The van der Waals surface area contributed by atoms with Crippen molar-refractivity contribution in [2.75, 3.05) is 0 Å². The van der Waals surface area contributed by atoms with E-state index in [1.165, 1.54) is 20.2 Å². The zero-order valence-electron chi connectivity index (χ0n) is 21.7. The number of rotatable bonds is 3. The van der Waals surface area contributed by atoms with E-state index in [9.17, 15) is 0 Å². The molecule has 8 aromatic rings. The van der Waals surface area contributed by atoms with E-state index in [0.717, 1.165) is 39.5 Å². The van der Waals surface area contributed by atoms with Gasteiger partial charge in [0.2, 0.25) is 0 Å². The predicted octanol–water partition coefficient (Wildman–Crippen LogP) is 8.80. The molecule has 0 aliphatic heterocycles. The van der Waals surface area contributed by atoms with Crippen LogP contribution < -0.4 is 0 Å². The zero-order chi connectivity index (χ0) is 26.7. The maximum atomic E-state index is 4.91. The summed E-state index contributed by atoms with van der Waals surface area (Å²) in [7, 11) is 0. The van der Waals surface area contributed by atoms with Gasteiger partial charge in [0.05, 0.1) is 11.3 Å². The molecule has 199 valence electrons. The topological polar surface area (TPSA) is 43.6 Å². The van der Waals surface area contributed by atoms with E-state index in [4.69, 9.17) is 4.98 Å². The first-order chi connectivity index (χ1) is 19.9. The molecule has 0 aliphatic rings. The van der Waals surface area contributed by atoms with Crippen molar-refractivity contribution in [1.29, 1.82) is 0 Å². The van der Waals surface area contributed by atoms with E-state index >= 15 is 0 Å². The molecule has 0 saturated carbocycles. The van der Waals surface area contributed by atoms with Crippen LogP contribution in [0, 0.1) is 12.1 Å². The molecule has 4 heterocycles. The van der Waals surface area contributed by atoms with Crippen LogP contribution in [-0.2, 0) is 20.1 Å². The molecule has 4 aromatic carbocycles. The van der Waals surface area contributed by atoms with Gasteiger partial charge in [-0.25, -0.2) is 4.98 Å². The van der Waals surface area contributed by atoms with E-state index in [1.54, 1.807) is 23.7 Å². The summed E-state index contributed by atoms with van der Waals surface area (Å²) in [6, 6.07) is 47.3. The summed E-state index contributed by atoms with van der Waals surface area (Å²) in [4.78, 5) is 13.6. The number of imidazole rings is 1. The molecule has 0 atom stereocenters. The van der Waals surface area contributed by atoms with Gasteiger partial charge in [-0.2, -0.15) is 11.3 Å². The van der Waals surface area contributed by atoms with Gasteiger partial charge < -0.3 is 9.55 Å². The maximum Gasteiger partial charge on any atom is 0.168 e. The van der Waals surface area contributed by atoms with Crippen molar-refractivity contribution < 1.29 is 20.1 Å². The molecule has 0 spiro atoms. The summed E-state index contributed by atoms with van der Waals surface area (Å²) in [5, 5.41) is 2.52. The van der Waals surface area contributed by atoms with Crippen molar-refractivity contribution in [3.05, 3.63) is 146 Å². The first-order valence-corrected chi connectivity index (χ1v) is 13.8. The Kier molecular flexibility index (Phi) is 7.79. The fourth-order valence-electron chi connectivity index (χ4n) is 4.85. The molecule has 0 saturated heterocycles. The Bertz CT molecular complexity index is 2020. The van der Waals surface area contributed by atoms with Crippen LogP contribution in [0.1, 0.15) is 0 Å². The van der Waals surface area contributed by atoms with Gasteiger partial charge >= 0.3 is 0 Å². The second-order valence-electron chi connectivity index (χ2n) is 9.14. The van der Waals surface area contributed by atoms with E-state index in [1.807, 2.05) is 72.8 Å².